The van der Waals surface area contributed by atoms with Crippen LogP contribution in [0.25, 0.3) is 0 Å². The van der Waals surface area contributed by atoms with Crippen molar-refractivity contribution in [3.05, 3.63) is 12.2 Å². The summed E-state index contributed by atoms with van der Waals surface area (Å²) in [6, 6.07) is 0. The Balaban J connectivity index is 2.21. The Labute approximate surface area is 263 Å². The minimum Gasteiger partial charge on any atom is -0.463 e. The number of hydrogen-bond donors (Lipinski definition) is 1. The highest BCUT2D eigenvalue weighted by atomic mass is 16.7. The van der Waals surface area contributed by atoms with E-state index in [0.717, 1.165) is 41.5 Å². The maximum Gasteiger partial charge on any atom is 0.333 e. The molecule has 1 saturated carbocycles. The second kappa shape index (κ2) is 14.6. The molecular formula is C29H38O17. The van der Waals surface area contributed by atoms with Gasteiger partial charge in [-0.1, -0.05) is 6.58 Å². The van der Waals surface area contributed by atoms with Crippen LogP contribution in [0.3, 0.4) is 0 Å². The van der Waals surface area contributed by atoms with Gasteiger partial charge < -0.3 is 47.7 Å². The summed E-state index contributed by atoms with van der Waals surface area (Å²) in [7, 11) is 0. The van der Waals surface area contributed by atoms with Gasteiger partial charge in [0.2, 0.25) is 0 Å². The molecule has 0 bridgehead atoms. The molecule has 3 fully saturated rings. The molecule has 2 heterocycles. The van der Waals surface area contributed by atoms with Crippen molar-refractivity contribution >= 4 is 41.8 Å². The zero-order chi connectivity index (χ0) is 34.7. The molecule has 1 spiro atoms. The standard InChI is InChI=1S/C29H38O17/c1-11(2)28(37)45-19-9-29(19)27(36)26(43-17(8)35)24(42-16(7)34)25(46-29)23-22(41-15(6)33)21(40-14(5)32)20(39-13(4)31)18(44-23)10-38-12(3)30/h18-27,36H,1,9-10H2,2-8H3/t18?,19?,20?,21?,22?,23?,24?,25-,26?,27+,29?/m1/s1. The summed E-state index contributed by atoms with van der Waals surface area (Å²) in [5.41, 5.74) is -1.72. The third-order valence-electron chi connectivity index (χ3n) is 7.26. The summed E-state index contributed by atoms with van der Waals surface area (Å²) in [5.74, 6) is -6.04. The van der Waals surface area contributed by atoms with E-state index in [-0.39, 0.29) is 12.0 Å². The molecule has 17 heteroatoms. The van der Waals surface area contributed by atoms with Crippen LogP contribution < -0.4 is 0 Å². The summed E-state index contributed by atoms with van der Waals surface area (Å²) < 4.78 is 50.4. The first-order valence-electron chi connectivity index (χ1n) is 14.2. The van der Waals surface area contributed by atoms with Gasteiger partial charge in [-0.05, 0) is 6.92 Å². The fourth-order valence-corrected chi connectivity index (χ4v) is 5.50. The van der Waals surface area contributed by atoms with Crippen LogP contribution in [-0.2, 0) is 76.2 Å². The number of hydrogen-bond acceptors (Lipinski definition) is 17. The summed E-state index contributed by atoms with van der Waals surface area (Å²) >= 11 is 0. The van der Waals surface area contributed by atoms with E-state index in [1.807, 2.05) is 0 Å². The topological polar surface area (TPSA) is 223 Å². The van der Waals surface area contributed by atoms with E-state index in [9.17, 15) is 38.7 Å². The molecule has 0 aromatic rings. The van der Waals surface area contributed by atoms with Crippen molar-refractivity contribution in [3.8, 4) is 0 Å². The summed E-state index contributed by atoms with van der Waals surface area (Å²) in [5, 5.41) is 11.4. The number of carbonyl (C=O) groups is 7. The van der Waals surface area contributed by atoms with Crippen molar-refractivity contribution < 1.29 is 81.3 Å². The number of esters is 7. The van der Waals surface area contributed by atoms with E-state index in [1.165, 1.54) is 6.92 Å². The van der Waals surface area contributed by atoms with Crippen molar-refractivity contribution in [2.45, 2.75) is 122 Å². The number of aliphatic hydroxyl groups excluding tert-OH is 1. The first-order chi connectivity index (χ1) is 21.4. The molecule has 256 valence electrons. The van der Waals surface area contributed by atoms with Gasteiger partial charge in [0.05, 0.1) is 0 Å². The predicted molar refractivity (Wildman–Crippen MR) is 146 cm³/mol. The lowest BCUT2D eigenvalue weighted by Gasteiger charge is -2.51. The third-order valence-corrected chi connectivity index (χ3v) is 7.26. The van der Waals surface area contributed by atoms with Crippen LogP contribution in [0.15, 0.2) is 12.2 Å². The van der Waals surface area contributed by atoms with Gasteiger partial charge in [0.15, 0.2) is 30.5 Å². The number of rotatable bonds is 10. The molecule has 0 amide bonds. The van der Waals surface area contributed by atoms with Crippen molar-refractivity contribution in [3.63, 3.8) is 0 Å². The van der Waals surface area contributed by atoms with Gasteiger partial charge in [-0.3, -0.25) is 28.8 Å². The average Bonchev–Trinajstić information content (AvgIpc) is 3.60. The van der Waals surface area contributed by atoms with Crippen LogP contribution >= 0.6 is 0 Å². The lowest BCUT2D eigenvalue weighted by Crippen LogP contribution is -2.71. The van der Waals surface area contributed by atoms with Crippen molar-refractivity contribution in [1.29, 1.82) is 0 Å². The molecule has 46 heavy (non-hydrogen) atoms. The van der Waals surface area contributed by atoms with Crippen LogP contribution in [0, 0.1) is 0 Å². The van der Waals surface area contributed by atoms with Crippen LogP contribution in [0.5, 0.6) is 0 Å². The first-order valence-corrected chi connectivity index (χ1v) is 14.2. The van der Waals surface area contributed by atoms with Gasteiger partial charge in [0, 0.05) is 53.5 Å². The molecule has 3 aliphatic rings. The van der Waals surface area contributed by atoms with E-state index in [2.05, 4.69) is 6.58 Å². The summed E-state index contributed by atoms with van der Waals surface area (Å²) in [4.78, 5) is 85.5. The number of aliphatic hydroxyl groups is 1. The second-order valence-electron chi connectivity index (χ2n) is 11.2. The normalized spacial score (nSPS) is 34.7. The van der Waals surface area contributed by atoms with Gasteiger partial charge in [0.25, 0.3) is 0 Å². The van der Waals surface area contributed by atoms with Gasteiger partial charge >= 0.3 is 41.8 Å². The minimum atomic E-state index is -1.76. The van der Waals surface area contributed by atoms with E-state index in [1.54, 1.807) is 0 Å². The van der Waals surface area contributed by atoms with Gasteiger partial charge in [-0.25, -0.2) is 4.79 Å². The highest BCUT2D eigenvalue weighted by molar-refractivity contribution is 5.87. The van der Waals surface area contributed by atoms with Crippen LogP contribution in [0.2, 0.25) is 0 Å². The van der Waals surface area contributed by atoms with Gasteiger partial charge in [-0.2, -0.15) is 0 Å². The average molecular weight is 659 g/mol. The van der Waals surface area contributed by atoms with Crippen LogP contribution in [-0.4, -0.2) is 120 Å². The monoisotopic (exact) mass is 658 g/mol. The lowest BCUT2D eigenvalue weighted by molar-refractivity contribution is -0.314. The Hall–Kier alpha value is -4.09. The maximum absolute atomic E-state index is 12.4. The Bertz CT molecular complexity index is 1260. The molecule has 1 aliphatic carbocycles. The van der Waals surface area contributed by atoms with Gasteiger partial charge in [0.1, 0.15) is 42.7 Å². The fourth-order valence-electron chi connectivity index (χ4n) is 5.50. The van der Waals surface area contributed by atoms with E-state index in [0.29, 0.717) is 0 Å². The number of ether oxygens (including phenoxy) is 9. The molecule has 2 aliphatic heterocycles. The molecule has 0 aromatic carbocycles. The lowest BCUT2D eigenvalue weighted by atomic mass is 9.84. The summed E-state index contributed by atoms with van der Waals surface area (Å²) in [6.45, 7) is 10.6. The maximum atomic E-state index is 12.4. The smallest absolute Gasteiger partial charge is 0.333 e. The van der Waals surface area contributed by atoms with Crippen LogP contribution in [0.4, 0.5) is 0 Å². The molecule has 0 radical (unpaired) electrons. The molecule has 2 saturated heterocycles. The largest absolute Gasteiger partial charge is 0.463 e. The third kappa shape index (κ3) is 8.38. The molecule has 17 nitrogen and oxygen atoms in total. The Morgan fingerprint density at radius 2 is 1.11 bits per heavy atom. The Morgan fingerprint density at radius 1 is 0.652 bits per heavy atom. The zero-order valence-electron chi connectivity index (χ0n) is 26.4. The quantitative estimate of drug-likeness (QED) is 0.175. The first kappa shape index (κ1) is 36.4. The highest BCUT2D eigenvalue weighted by Gasteiger charge is 2.73. The van der Waals surface area contributed by atoms with E-state index >= 15 is 0 Å². The fraction of sp³-hybridized carbons (Fsp3) is 0.690. The molecule has 0 aromatic heterocycles. The van der Waals surface area contributed by atoms with Crippen molar-refractivity contribution in [2.75, 3.05) is 6.61 Å². The highest BCUT2D eigenvalue weighted by Crippen LogP contribution is 2.53. The molecule has 11 atom stereocenters. The Morgan fingerprint density at radius 3 is 1.59 bits per heavy atom. The number of carbonyl (C=O) groups excluding carboxylic acids is 7. The van der Waals surface area contributed by atoms with E-state index in [4.69, 9.17) is 42.6 Å². The molecule has 9 unspecified atom stereocenters. The molecule has 3 rings (SSSR count). The molecule has 1 N–H and O–H groups in total. The van der Waals surface area contributed by atoms with Crippen LogP contribution in [0.1, 0.15) is 54.9 Å². The van der Waals surface area contributed by atoms with E-state index < -0.39 is 115 Å². The minimum absolute atomic E-state index is 0.0396. The SMILES string of the molecule is C=C(C)C(=O)OC1CC12O[C@H](C1OC(COC(C)=O)C(OC(C)=O)C(OC(C)=O)C1OC(C)=O)C(OC(C)=O)C(OC(C)=O)[C@@H]2O. The summed E-state index contributed by atoms with van der Waals surface area (Å²) in [6.07, 6.45) is -15.7. The zero-order valence-corrected chi connectivity index (χ0v) is 26.4. The van der Waals surface area contributed by atoms with Gasteiger partial charge in [-0.15, -0.1) is 0 Å². The Kier molecular flexibility index (Phi) is 11.5. The second-order valence-corrected chi connectivity index (χ2v) is 11.2. The molecular weight excluding hydrogens is 620 g/mol. The predicted octanol–water partition coefficient (Wildman–Crippen LogP) is -0.634. The van der Waals surface area contributed by atoms with Crippen molar-refractivity contribution in [1.82, 2.24) is 0 Å². The van der Waals surface area contributed by atoms with Crippen molar-refractivity contribution in [2.24, 2.45) is 0 Å².